The molecular weight excluding hydrogens is 172 g/mol. The first-order chi connectivity index (χ1) is 6.85. The van der Waals surface area contributed by atoms with E-state index >= 15 is 0 Å². The third-order valence-corrected chi connectivity index (χ3v) is 4.12. The van der Waals surface area contributed by atoms with Crippen LogP contribution in [0.4, 0.5) is 0 Å². The standard InChI is InChI=1S/C12H24N2/c13-8-2-1-3-9-14-12-6-4-11(10-12)5-7-12/h11,14H,1-10,13H2. The van der Waals surface area contributed by atoms with Crippen molar-refractivity contribution in [2.45, 2.75) is 56.9 Å². The summed E-state index contributed by atoms with van der Waals surface area (Å²) in [5.41, 5.74) is 6.05. The van der Waals surface area contributed by atoms with Gasteiger partial charge in [-0.25, -0.2) is 0 Å². The average Bonchev–Trinajstić information content (AvgIpc) is 2.77. The minimum absolute atomic E-state index is 0.577. The smallest absolute Gasteiger partial charge is 0.0184 e. The molecule has 0 amide bonds. The molecule has 0 saturated heterocycles. The van der Waals surface area contributed by atoms with Crippen LogP contribution in [0.25, 0.3) is 0 Å². The molecule has 0 unspecified atom stereocenters. The molecule has 0 heterocycles. The van der Waals surface area contributed by atoms with Crippen molar-refractivity contribution in [3.63, 3.8) is 0 Å². The maximum Gasteiger partial charge on any atom is 0.0184 e. The van der Waals surface area contributed by atoms with Crippen molar-refractivity contribution in [1.29, 1.82) is 0 Å². The fourth-order valence-corrected chi connectivity index (χ4v) is 3.24. The molecule has 0 aliphatic heterocycles. The zero-order valence-corrected chi connectivity index (χ0v) is 9.23. The lowest BCUT2D eigenvalue weighted by molar-refractivity contribution is 0.324. The Balaban J connectivity index is 1.61. The van der Waals surface area contributed by atoms with E-state index in [1.165, 1.54) is 57.9 Å². The molecule has 2 aliphatic carbocycles. The Morgan fingerprint density at radius 1 is 1.14 bits per heavy atom. The highest BCUT2D eigenvalue weighted by molar-refractivity contribution is 5.02. The molecule has 2 fully saturated rings. The summed E-state index contributed by atoms with van der Waals surface area (Å²) < 4.78 is 0. The first-order valence-corrected chi connectivity index (χ1v) is 6.30. The van der Waals surface area contributed by atoms with E-state index < -0.39 is 0 Å². The van der Waals surface area contributed by atoms with E-state index in [2.05, 4.69) is 5.32 Å². The van der Waals surface area contributed by atoms with Crippen LogP contribution in [0.5, 0.6) is 0 Å². The van der Waals surface area contributed by atoms with Crippen molar-refractivity contribution in [3.05, 3.63) is 0 Å². The summed E-state index contributed by atoms with van der Waals surface area (Å²) in [6.07, 6.45) is 11.1. The molecule has 14 heavy (non-hydrogen) atoms. The molecule has 2 aliphatic rings. The fraction of sp³-hybridized carbons (Fsp3) is 1.00. The van der Waals surface area contributed by atoms with Crippen molar-refractivity contribution >= 4 is 0 Å². The molecule has 0 aromatic heterocycles. The number of hydrogen-bond acceptors (Lipinski definition) is 2. The lowest BCUT2D eigenvalue weighted by Gasteiger charge is -2.28. The van der Waals surface area contributed by atoms with Crippen LogP contribution in [0.2, 0.25) is 0 Å². The van der Waals surface area contributed by atoms with Gasteiger partial charge in [-0.05, 0) is 64.0 Å². The summed E-state index contributed by atoms with van der Waals surface area (Å²) in [6.45, 7) is 2.07. The topological polar surface area (TPSA) is 38.0 Å². The Hall–Kier alpha value is -0.0800. The highest BCUT2D eigenvalue weighted by Gasteiger charge is 2.43. The maximum absolute atomic E-state index is 5.47. The summed E-state index contributed by atoms with van der Waals surface area (Å²) in [4.78, 5) is 0. The molecule has 0 spiro atoms. The molecule has 2 bridgehead atoms. The predicted octanol–water partition coefficient (Wildman–Crippen LogP) is 2.04. The lowest BCUT2D eigenvalue weighted by atomic mass is 9.93. The van der Waals surface area contributed by atoms with E-state index in [9.17, 15) is 0 Å². The second-order valence-electron chi connectivity index (χ2n) is 5.20. The minimum atomic E-state index is 0.577. The van der Waals surface area contributed by atoms with Crippen LogP contribution in [0.3, 0.4) is 0 Å². The van der Waals surface area contributed by atoms with Gasteiger partial charge in [0.15, 0.2) is 0 Å². The predicted molar refractivity (Wildman–Crippen MR) is 60.2 cm³/mol. The summed E-state index contributed by atoms with van der Waals surface area (Å²) >= 11 is 0. The van der Waals surface area contributed by atoms with Gasteiger partial charge in [-0.2, -0.15) is 0 Å². The molecule has 82 valence electrons. The maximum atomic E-state index is 5.47. The van der Waals surface area contributed by atoms with Crippen LogP contribution in [0, 0.1) is 5.92 Å². The quantitative estimate of drug-likeness (QED) is 0.638. The van der Waals surface area contributed by atoms with Crippen molar-refractivity contribution in [3.8, 4) is 0 Å². The fourth-order valence-electron chi connectivity index (χ4n) is 3.24. The van der Waals surface area contributed by atoms with E-state index in [0.29, 0.717) is 5.54 Å². The molecule has 2 rings (SSSR count). The molecule has 2 nitrogen and oxygen atoms in total. The average molecular weight is 196 g/mol. The van der Waals surface area contributed by atoms with Gasteiger partial charge in [0.25, 0.3) is 0 Å². The van der Waals surface area contributed by atoms with Gasteiger partial charge in [0.2, 0.25) is 0 Å². The van der Waals surface area contributed by atoms with Crippen molar-refractivity contribution in [1.82, 2.24) is 5.32 Å². The zero-order chi connectivity index (χ0) is 9.86. The van der Waals surface area contributed by atoms with Crippen molar-refractivity contribution in [2.24, 2.45) is 11.7 Å². The Morgan fingerprint density at radius 3 is 2.50 bits per heavy atom. The van der Waals surface area contributed by atoms with Crippen LogP contribution < -0.4 is 11.1 Å². The lowest BCUT2D eigenvalue weighted by Crippen LogP contribution is -2.41. The van der Waals surface area contributed by atoms with Gasteiger partial charge < -0.3 is 11.1 Å². The first-order valence-electron chi connectivity index (χ1n) is 6.30. The molecular formula is C12H24N2. The SMILES string of the molecule is NCCCCCNC12CCC(CC1)C2. The molecule has 0 atom stereocenters. The number of rotatable bonds is 6. The summed E-state index contributed by atoms with van der Waals surface area (Å²) in [7, 11) is 0. The van der Waals surface area contributed by atoms with E-state index in [-0.39, 0.29) is 0 Å². The van der Waals surface area contributed by atoms with Gasteiger partial charge in [0.05, 0.1) is 0 Å². The van der Waals surface area contributed by atoms with Crippen molar-refractivity contribution in [2.75, 3.05) is 13.1 Å². The number of nitrogens with two attached hydrogens (primary N) is 1. The largest absolute Gasteiger partial charge is 0.330 e. The Kier molecular flexibility index (Phi) is 3.45. The van der Waals surface area contributed by atoms with Gasteiger partial charge >= 0.3 is 0 Å². The third kappa shape index (κ3) is 2.29. The van der Waals surface area contributed by atoms with Crippen molar-refractivity contribution < 1.29 is 0 Å². The molecule has 0 radical (unpaired) electrons. The minimum Gasteiger partial charge on any atom is -0.330 e. The number of nitrogens with one attached hydrogen (secondary N) is 1. The van der Waals surface area contributed by atoms with Gasteiger partial charge in [-0.1, -0.05) is 6.42 Å². The van der Waals surface area contributed by atoms with Gasteiger partial charge in [0.1, 0.15) is 0 Å². The highest BCUT2D eigenvalue weighted by atomic mass is 15.0. The van der Waals surface area contributed by atoms with Gasteiger partial charge in [-0.3, -0.25) is 0 Å². The number of hydrogen-bond donors (Lipinski definition) is 2. The van der Waals surface area contributed by atoms with E-state index in [0.717, 1.165) is 12.5 Å². The van der Waals surface area contributed by atoms with Gasteiger partial charge in [0, 0.05) is 5.54 Å². The zero-order valence-electron chi connectivity index (χ0n) is 9.23. The first kappa shape index (κ1) is 10.4. The van der Waals surface area contributed by atoms with E-state index in [1.807, 2.05) is 0 Å². The number of fused-ring (bicyclic) bond motifs is 2. The molecule has 3 N–H and O–H groups in total. The Morgan fingerprint density at radius 2 is 1.93 bits per heavy atom. The second kappa shape index (κ2) is 4.63. The summed E-state index contributed by atoms with van der Waals surface area (Å²) in [5.74, 6) is 1.06. The molecule has 0 aromatic rings. The van der Waals surface area contributed by atoms with Crippen LogP contribution in [0.15, 0.2) is 0 Å². The van der Waals surface area contributed by atoms with E-state index in [1.54, 1.807) is 0 Å². The van der Waals surface area contributed by atoms with Crippen LogP contribution in [0.1, 0.15) is 51.4 Å². The number of unbranched alkanes of at least 4 members (excludes halogenated alkanes) is 2. The van der Waals surface area contributed by atoms with Crippen LogP contribution >= 0.6 is 0 Å². The summed E-state index contributed by atoms with van der Waals surface area (Å²) in [5, 5.41) is 3.80. The second-order valence-corrected chi connectivity index (χ2v) is 5.20. The molecule has 2 heteroatoms. The summed E-state index contributed by atoms with van der Waals surface area (Å²) in [6, 6.07) is 0. The monoisotopic (exact) mass is 196 g/mol. The highest BCUT2D eigenvalue weighted by Crippen LogP contribution is 2.47. The molecule has 2 saturated carbocycles. The van der Waals surface area contributed by atoms with E-state index in [4.69, 9.17) is 5.73 Å². The Bertz CT molecular complexity index is 171. The van der Waals surface area contributed by atoms with Crippen LogP contribution in [-0.2, 0) is 0 Å². The van der Waals surface area contributed by atoms with Gasteiger partial charge in [-0.15, -0.1) is 0 Å². The Labute approximate surface area is 87.6 Å². The molecule has 0 aromatic carbocycles. The van der Waals surface area contributed by atoms with Crippen LogP contribution in [-0.4, -0.2) is 18.6 Å². The third-order valence-electron chi connectivity index (χ3n) is 4.12. The normalized spacial score (nSPS) is 35.4.